The highest BCUT2D eigenvalue weighted by molar-refractivity contribution is 5.79. The van der Waals surface area contributed by atoms with Crippen LogP contribution < -0.4 is 16.6 Å². The quantitative estimate of drug-likeness (QED) is 0.290. The molecule has 0 fully saturated rings. The van der Waals surface area contributed by atoms with Crippen molar-refractivity contribution in [3.8, 4) is 0 Å². The fourth-order valence-corrected chi connectivity index (χ4v) is 1.39. The number of aryl methyl sites for hydroxylation is 1. The van der Waals surface area contributed by atoms with Crippen LogP contribution in [0.5, 0.6) is 0 Å². The number of oxazole rings is 1. The first-order valence-electron chi connectivity index (χ1n) is 5.89. The Hall–Kier alpha value is -1.60. The monoisotopic (exact) mass is 255 g/mol. The predicted molar refractivity (Wildman–Crippen MR) is 68.8 cm³/mol. The Morgan fingerprint density at radius 2 is 2.44 bits per heavy atom. The average molecular weight is 255 g/mol. The molecule has 102 valence electrons. The van der Waals surface area contributed by atoms with Crippen LogP contribution in [0.3, 0.4) is 0 Å². The van der Waals surface area contributed by atoms with E-state index in [9.17, 15) is 0 Å². The van der Waals surface area contributed by atoms with Crippen molar-refractivity contribution in [3.63, 3.8) is 0 Å². The van der Waals surface area contributed by atoms with E-state index in [0.29, 0.717) is 25.0 Å². The third-order valence-corrected chi connectivity index (χ3v) is 2.26. The molecule has 7 nitrogen and oxygen atoms in total. The van der Waals surface area contributed by atoms with Gasteiger partial charge in [0.2, 0.25) is 11.9 Å². The summed E-state index contributed by atoms with van der Waals surface area (Å²) in [4.78, 5) is 8.35. The fraction of sp³-hybridized carbons (Fsp3) is 0.636. The summed E-state index contributed by atoms with van der Waals surface area (Å²) in [5, 5.41) is 3.08. The van der Waals surface area contributed by atoms with Crippen molar-refractivity contribution in [2.24, 2.45) is 10.8 Å². The highest BCUT2D eigenvalue weighted by Crippen LogP contribution is 2.04. The van der Waals surface area contributed by atoms with Crippen molar-refractivity contribution in [2.75, 3.05) is 13.7 Å². The maximum absolute atomic E-state index is 5.44. The molecule has 0 saturated heterocycles. The van der Waals surface area contributed by atoms with E-state index in [4.69, 9.17) is 15.0 Å². The van der Waals surface area contributed by atoms with Gasteiger partial charge in [0.05, 0.1) is 12.8 Å². The molecule has 0 aliphatic rings. The van der Waals surface area contributed by atoms with Gasteiger partial charge < -0.3 is 14.5 Å². The topological polar surface area (TPSA) is 97.7 Å². The van der Waals surface area contributed by atoms with Gasteiger partial charge in [0, 0.05) is 19.6 Å². The Labute approximate surface area is 107 Å². The standard InChI is InChI=1S/C11H21N5O2/c1-4-9-5-13-10(18-9)6-14-11(16-12)15-8(2)7-17-3/h5,8H,4,6-7,12H2,1-3H3,(H2,14,15,16). The van der Waals surface area contributed by atoms with Gasteiger partial charge in [-0.05, 0) is 6.92 Å². The molecule has 0 radical (unpaired) electrons. The molecule has 0 amide bonds. The number of aromatic nitrogens is 1. The Morgan fingerprint density at radius 1 is 1.67 bits per heavy atom. The normalized spacial score (nSPS) is 13.4. The van der Waals surface area contributed by atoms with Gasteiger partial charge in [0.1, 0.15) is 12.3 Å². The summed E-state index contributed by atoms with van der Waals surface area (Å²) in [6, 6.07) is 0.112. The van der Waals surface area contributed by atoms with Crippen molar-refractivity contribution < 1.29 is 9.15 Å². The summed E-state index contributed by atoms with van der Waals surface area (Å²) in [6.45, 7) is 4.89. The molecule has 1 aromatic rings. The van der Waals surface area contributed by atoms with Crippen molar-refractivity contribution in [3.05, 3.63) is 17.8 Å². The minimum Gasteiger partial charge on any atom is -0.444 e. The van der Waals surface area contributed by atoms with E-state index in [-0.39, 0.29) is 6.04 Å². The molecule has 1 unspecified atom stereocenters. The number of ether oxygens (including phenoxy) is 1. The van der Waals surface area contributed by atoms with E-state index >= 15 is 0 Å². The van der Waals surface area contributed by atoms with Crippen LogP contribution in [0.25, 0.3) is 0 Å². The minimum absolute atomic E-state index is 0.112. The van der Waals surface area contributed by atoms with Gasteiger partial charge in [-0.25, -0.2) is 15.8 Å². The summed E-state index contributed by atoms with van der Waals surface area (Å²) in [5.41, 5.74) is 2.50. The average Bonchev–Trinajstić information content (AvgIpc) is 2.82. The van der Waals surface area contributed by atoms with E-state index in [1.807, 2.05) is 13.8 Å². The van der Waals surface area contributed by atoms with Crippen LogP contribution in [-0.2, 0) is 17.7 Å². The molecule has 0 saturated carbocycles. The van der Waals surface area contributed by atoms with E-state index in [2.05, 4.69) is 20.7 Å². The summed E-state index contributed by atoms with van der Waals surface area (Å²) in [5.74, 6) is 7.28. The zero-order valence-electron chi connectivity index (χ0n) is 11.1. The lowest BCUT2D eigenvalue weighted by molar-refractivity contribution is 0.179. The second-order valence-corrected chi connectivity index (χ2v) is 3.88. The second kappa shape index (κ2) is 7.67. The summed E-state index contributed by atoms with van der Waals surface area (Å²) in [7, 11) is 1.64. The maximum Gasteiger partial charge on any atom is 0.216 e. The lowest BCUT2D eigenvalue weighted by atomic mass is 10.4. The van der Waals surface area contributed by atoms with Gasteiger partial charge in [-0.3, -0.25) is 5.43 Å². The number of hydrogen-bond acceptors (Lipinski definition) is 5. The SMILES string of the molecule is CCc1cnc(CN=C(NN)NC(C)COC)o1. The predicted octanol–water partition coefficient (Wildman–Crippen LogP) is 0.181. The van der Waals surface area contributed by atoms with Gasteiger partial charge in [0.25, 0.3) is 0 Å². The van der Waals surface area contributed by atoms with Crippen LogP contribution in [0, 0.1) is 0 Å². The largest absolute Gasteiger partial charge is 0.444 e. The Morgan fingerprint density at radius 3 is 3.00 bits per heavy atom. The minimum atomic E-state index is 0.112. The smallest absolute Gasteiger partial charge is 0.216 e. The Kier molecular flexibility index (Phi) is 6.16. The zero-order chi connectivity index (χ0) is 13.4. The summed E-state index contributed by atoms with van der Waals surface area (Å²) in [6.07, 6.45) is 2.53. The van der Waals surface area contributed by atoms with Crippen LogP contribution in [0.4, 0.5) is 0 Å². The van der Waals surface area contributed by atoms with Crippen molar-refractivity contribution in [1.82, 2.24) is 15.7 Å². The molecule has 0 aromatic carbocycles. The molecule has 0 bridgehead atoms. The zero-order valence-corrected chi connectivity index (χ0v) is 11.1. The van der Waals surface area contributed by atoms with E-state index in [0.717, 1.165) is 12.2 Å². The van der Waals surface area contributed by atoms with Gasteiger partial charge in [-0.1, -0.05) is 6.92 Å². The third kappa shape index (κ3) is 4.72. The number of nitrogens with zero attached hydrogens (tertiary/aromatic N) is 2. The third-order valence-electron chi connectivity index (χ3n) is 2.26. The molecule has 4 N–H and O–H groups in total. The number of rotatable bonds is 6. The van der Waals surface area contributed by atoms with Gasteiger partial charge >= 0.3 is 0 Å². The van der Waals surface area contributed by atoms with Gasteiger partial charge in [0.15, 0.2) is 0 Å². The number of hydrazine groups is 1. The Balaban J connectivity index is 2.51. The maximum atomic E-state index is 5.44. The molecule has 1 atom stereocenters. The lowest BCUT2D eigenvalue weighted by Crippen LogP contribution is -2.46. The van der Waals surface area contributed by atoms with Crippen molar-refractivity contribution >= 4 is 5.96 Å². The van der Waals surface area contributed by atoms with Crippen LogP contribution in [-0.4, -0.2) is 30.7 Å². The van der Waals surface area contributed by atoms with Crippen molar-refractivity contribution in [2.45, 2.75) is 32.9 Å². The first-order valence-corrected chi connectivity index (χ1v) is 5.89. The number of methoxy groups -OCH3 is 1. The highest BCUT2D eigenvalue weighted by Gasteiger charge is 2.05. The van der Waals surface area contributed by atoms with E-state index in [1.54, 1.807) is 13.3 Å². The summed E-state index contributed by atoms with van der Waals surface area (Å²) < 4.78 is 10.5. The fourth-order valence-electron chi connectivity index (χ4n) is 1.39. The van der Waals surface area contributed by atoms with Crippen LogP contribution in [0.15, 0.2) is 15.6 Å². The molecular formula is C11H21N5O2. The molecule has 7 heteroatoms. The molecule has 1 rings (SSSR count). The first-order chi connectivity index (χ1) is 8.69. The molecule has 18 heavy (non-hydrogen) atoms. The number of aliphatic imine (C=N–C) groups is 1. The molecule has 0 aliphatic heterocycles. The van der Waals surface area contributed by atoms with Crippen molar-refractivity contribution in [1.29, 1.82) is 0 Å². The van der Waals surface area contributed by atoms with Crippen LogP contribution in [0.1, 0.15) is 25.5 Å². The van der Waals surface area contributed by atoms with Crippen LogP contribution >= 0.6 is 0 Å². The Bertz CT molecular complexity index is 377. The molecule has 1 aromatic heterocycles. The molecule has 0 aliphatic carbocycles. The lowest BCUT2D eigenvalue weighted by Gasteiger charge is -2.15. The van der Waals surface area contributed by atoms with Gasteiger partial charge in [-0.15, -0.1) is 0 Å². The number of nitrogens with one attached hydrogen (secondary N) is 2. The summed E-state index contributed by atoms with van der Waals surface area (Å²) >= 11 is 0. The molecule has 0 spiro atoms. The first kappa shape index (κ1) is 14.5. The number of guanidine groups is 1. The number of hydrogen-bond donors (Lipinski definition) is 3. The number of nitrogens with two attached hydrogens (primary N) is 1. The van der Waals surface area contributed by atoms with E-state index < -0.39 is 0 Å². The highest BCUT2D eigenvalue weighted by atomic mass is 16.5. The van der Waals surface area contributed by atoms with E-state index in [1.165, 1.54) is 0 Å². The molecule has 1 heterocycles. The molecular weight excluding hydrogens is 234 g/mol. The van der Waals surface area contributed by atoms with Crippen LogP contribution in [0.2, 0.25) is 0 Å². The van der Waals surface area contributed by atoms with Gasteiger partial charge in [-0.2, -0.15) is 0 Å². The second-order valence-electron chi connectivity index (χ2n) is 3.88.